The van der Waals surface area contributed by atoms with Gasteiger partial charge in [-0.3, -0.25) is 9.59 Å². The van der Waals surface area contributed by atoms with Crippen molar-refractivity contribution >= 4 is 35.1 Å². The van der Waals surface area contributed by atoms with Crippen LogP contribution in [-0.2, 0) is 9.59 Å². The van der Waals surface area contributed by atoms with Crippen LogP contribution >= 0.6 is 23.5 Å². The highest BCUT2D eigenvalue weighted by molar-refractivity contribution is 8.01. The van der Waals surface area contributed by atoms with Crippen molar-refractivity contribution in [3.63, 3.8) is 0 Å². The van der Waals surface area contributed by atoms with Gasteiger partial charge in [0.25, 0.3) is 0 Å². The van der Waals surface area contributed by atoms with Crippen LogP contribution in [0.5, 0.6) is 0 Å². The van der Waals surface area contributed by atoms with Gasteiger partial charge in [0.1, 0.15) is 0 Å². The predicted molar refractivity (Wildman–Crippen MR) is 103 cm³/mol. The van der Waals surface area contributed by atoms with Crippen molar-refractivity contribution in [2.24, 2.45) is 0 Å². The summed E-state index contributed by atoms with van der Waals surface area (Å²) in [5.74, 6) is 0.529. The minimum atomic E-state index is -0.147. The number of ketones is 2. The van der Waals surface area contributed by atoms with Gasteiger partial charge in [-0.05, 0) is 25.7 Å². The van der Waals surface area contributed by atoms with Gasteiger partial charge in [-0.25, -0.2) is 0 Å². The molecule has 0 spiro atoms. The number of carbonyl (C=O) groups excluding carboxylic acids is 2. The number of hydrogen-bond donors (Lipinski definition) is 0. The van der Waals surface area contributed by atoms with Crippen molar-refractivity contribution in [1.82, 2.24) is 0 Å². The van der Waals surface area contributed by atoms with Crippen LogP contribution in [0.4, 0.5) is 0 Å². The molecule has 2 bridgehead atoms. The SMILES string of the molecule is O=C1CSC2CCCCCCCCCCCC(CC2)SCC1=O. The van der Waals surface area contributed by atoms with Gasteiger partial charge in [-0.1, -0.05) is 57.8 Å². The molecule has 1 heterocycles. The second kappa shape index (κ2) is 11.6. The third kappa shape index (κ3) is 8.11. The molecule has 1 saturated carbocycles. The molecule has 0 aromatic rings. The zero-order valence-corrected chi connectivity index (χ0v) is 16.0. The van der Waals surface area contributed by atoms with Gasteiger partial charge >= 0.3 is 0 Å². The fraction of sp³-hybridized carbons (Fsp3) is 0.895. The smallest absolute Gasteiger partial charge is 0.209 e. The molecule has 2 rings (SSSR count). The van der Waals surface area contributed by atoms with Crippen molar-refractivity contribution < 1.29 is 9.59 Å². The normalized spacial score (nSPS) is 30.4. The highest BCUT2D eigenvalue weighted by Gasteiger charge is 2.22. The van der Waals surface area contributed by atoms with Crippen molar-refractivity contribution in [3.8, 4) is 0 Å². The topological polar surface area (TPSA) is 34.1 Å². The molecular weight excluding hydrogens is 324 g/mol. The Hall–Kier alpha value is 0.0400. The van der Waals surface area contributed by atoms with Gasteiger partial charge in [-0.2, -0.15) is 23.5 Å². The summed E-state index contributed by atoms with van der Waals surface area (Å²) in [5.41, 5.74) is 0. The molecule has 2 unspecified atom stereocenters. The molecule has 1 aliphatic carbocycles. The van der Waals surface area contributed by atoms with Gasteiger partial charge < -0.3 is 0 Å². The summed E-state index contributed by atoms with van der Waals surface area (Å²) in [5, 5.41) is 1.16. The van der Waals surface area contributed by atoms with E-state index in [-0.39, 0.29) is 11.6 Å². The van der Waals surface area contributed by atoms with Gasteiger partial charge in [0.15, 0.2) is 0 Å². The molecule has 23 heavy (non-hydrogen) atoms. The summed E-state index contributed by atoms with van der Waals surface area (Å²) in [7, 11) is 0. The fourth-order valence-corrected chi connectivity index (χ4v) is 5.89. The lowest BCUT2D eigenvalue weighted by atomic mass is 10.0. The van der Waals surface area contributed by atoms with Gasteiger partial charge in [0, 0.05) is 10.5 Å². The number of rotatable bonds is 0. The zero-order chi connectivity index (χ0) is 16.3. The first kappa shape index (κ1) is 19.4. The average molecular weight is 357 g/mol. The molecule has 1 aliphatic heterocycles. The maximum Gasteiger partial charge on any atom is 0.209 e. The summed E-state index contributed by atoms with van der Waals surface area (Å²) >= 11 is 3.51. The fourth-order valence-electron chi connectivity index (χ4n) is 3.52. The Kier molecular flexibility index (Phi) is 9.74. The predicted octanol–water partition coefficient (Wildman–Crippen LogP) is 5.43. The van der Waals surface area contributed by atoms with E-state index in [1.807, 2.05) is 0 Å². The standard InChI is InChI=1S/C19H32O2S2/c20-18-14-22-16-10-8-6-4-2-1-3-5-7-9-11-17(13-12-16)23-15-19(18)21/h16-17H,1-15H2. The Morgan fingerprint density at radius 2 is 0.870 bits per heavy atom. The van der Waals surface area contributed by atoms with E-state index < -0.39 is 0 Å². The molecule has 2 aliphatic rings. The first-order valence-corrected chi connectivity index (χ1v) is 11.6. The van der Waals surface area contributed by atoms with Crippen molar-refractivity contribution in [1.29, 1.82) is 0 Å². The number of Topliss-reactive ketones (excluding diaryl/α,β-unsaturated/α-hetero) is 2. The Labute approximate surface area is 150 Å². The molecular formula is C19H32O2S2. The van der Waals surface area contributed by atoms with Gasteiger partial charge in [0.05, 0.1) is 11.5 Å². The molecule has 0 amide bonds. The van der Waals surface area contributed by atoms with Crippen LogP contribution in [-0.4, -0.2) is 33.6 Å². The minimum absolute atomic E-state index is 0.147. The Balaban J connectivity index is 1.94. The van der Waals surface area contributed by atoms with Crippen LogP contribution in [0, 0.1) is 0 Å². The second-order valence-corrected chi connectivity index (χ2v) is 9.63. The number of thioether (sulfide) groups is 2. The third-order valence-electron chi connectivity index (χ3n) is 5.07. The van der Waals surface area contributed by atoms with Gasteiger partial charge in [-0.15, -0.1) is 0 Å². The quantitative estimate of drug-likeness (QED) is 0.542. The maximum atomic E-state index is 11.9. The zero-order valence-electron chi connectivity index (χ0n) is 14.4. The van der Waals surface area contributed by atoms with Crippen LogP contribution in [0.2, 0.25) is 0 Å². The summed E-state index contributed by atoms with van der Waals surface area (Å²) in [6, 6.07) is 0. The maximum absolute atomic E-state index is 11.9. The first-order valence-electron chi connectivity index (χ1n) is 9.55. The summed E-state index contributed by atoms with van der Waals surface area (Å²) in [6.07, 6.45) is 17.1. The number of hydrogen-bond acceptors (Lipinski definition) is 4. The Morgan fingerprint density at radius 1 is 0.522 bits per heavy atom. The highest BCUT2D eigenvalue weighted by Crippen LogP contribution is 2.30. The highest BCUT2D eigenvalue weighted by atomic mass is 32.2. The molecule has 4 heteroatoms. The molecule has 132 valence electrons. The van der Waals surface area contributed by atoms with Crippen LogP contribution < -0.4 is 0 Å². The van der Waals surface area contributed by atoms with Crippen LogP contribution in [0.3, 0.4) is 0 Å². The van der Waals surface area contributed by atoms with E-state index in [1.165, 1.54) is 83.5 Å². The first-order chi connectivity index (χ1) is 11.3. The molecule has 2 fully saturated rings. The molecule has 0 N–H and O–H groups in total. The van der Waals surface area contributed by atoms with E-state index in [1.54, 1.807) is 23.5 Å². The van der Waals surface area contributed by atoms with E-state index in [9.17, 15) is 9.59 Å². The average Bonchev–Trinajstić information content (AvgIpc) is 2.56. The Bertz CT molecular complexity index is 336. The molecule has 2 nitrogen and oxygen atoms in total. The Morgan fingerprint density at radius 3 is 1.26 bits per heavy atom. The van der Waals surface area contributed by atoms with E-state index in [0.717, 1.165) is 0 Å². The number of carbonyl (C=O) groups is 2. The van der Waals surface area contributed by atoms with Crippen molar-refractivity contribution in [2.75, 3.05) is 11.5 Å². The van der Waals surface area contributed by atoms with Crippen LogP contribution in [0.15, 0.2) is 0 Å². The van der Waals surface area contributed by atoms with Crippen molar-refractivity contribution in [2.45, 2.75) is 94.0 Å². The largest absolute Gasteiger partial charge is 0.290 e. The monoisotopic (exact) mass is 356 g/mol. The lowest BCUT2D eigenvalue weighted by molar-refractivity contribution is -0.133. The summed E-state index contributed by atoms with van der Waals surface area (Å²) < 4.78 is 0. The molecule has 0 aromatic carbocycles. The van der Waals surface area contributed by atoms with Gasteiger partial charge in [0.2, 0.25) is 11.6 Å². The number of fused-ring (bicyclic) bond motifs is 3. The van der Waals surface area contributed by atoms with Crippen LogP contribution in [0.1, 0.15) is 83.5 Å². The molecule has 1 saturated heterocycles. The van der Waals surface area contributed by atoms with E-state index in [0.29, 0.717) is 22.0 Å². The van der Waals surface area contributed by atoms with Crippen LogP contribution in [0.25, 0.3) is 0 Å². The molecule has 0 radical (unpaired) electrons. The van der Waals surface area contributed by atoms with E-state index >= 15 is 0 Å². The summed E-state index contributed by atoms with van der Waals surface area (Å²) in [4.78, 5) is 23.9. The minimum Gasteiger partial charge on any atom is -0.290 e. The van der Waals surface area contributed by atoms with E-state index in [4.69, 9.17) is 0 Å². The van der Waals surface area contributed by atoms with Crippen molar-refractivity contribution in [3.05, 3.63) is 0 Å². The summed E-state index contributed by atoms with van der Waals surface area (Å²) in [6.45, 7) is 0. The molecule has 2 atom stereocenters. The lowest BCUT2D eigenvalue weighted by Crippen LogP contribution is -2.23. The van der Waals surface area contributed by atoms with E-state index in [2.05, 4.69) is 0 Å². The molecule has 0 aromatic heterocycles. The second-order valence-electron chi connectivity index (χ2n) is 7.05. The lowest BCUT2D eigenvalue weighted by Gasteiger charge is -2.22. The third-order valence-corrected chi connectivity index (χ3v) is 7.82.